The Kier molecular flexibility index (Phi) is 2.89. The van der Waals surface area contributed by atoms with Crippen molar-refractivity contribution in [3.63, 3.8) is 0 Å². The largest absolute Gasteiger partial charge is 0.293 e. The third kappa shape index (κ3) is 2.28. The fourth-order valence-electron chi connectivity index (χ4n) is 2.87. The third-order valence-electron chi connectivity index (χ3n) is 4.08. The molecule has 1 heterocycles. The van der Waals surface area contributed by atoms with Crippen LogP contribution in [0.15, 0.2) is 54.6 Å². The van der Waals surface area contributed by atoms with Crippen LogP contribution in [0.25, 0.3) is 10.1 Å². The number of Topliss-reactive ketones (excluding diaryl/α,β-unsaturated/α-hetero) is 1. The van der Waals surface area contributed by atoms with E-state index in [0.29, 0.717) is 5.92 Å². The van der Waals surface area contributed by atoms with Gasteiger partial charge in [0, 0.05) is 10.6 Å². The minimum absolute atomic E-state index is 0.0882. The van der Waals surface area contributed by atoms with Gasteiger partial charge in [-0.1, -0.05) is 30.3 Å². The highest BCUT2D eigenvalue weighted by atomic mass is 32.1. The quantitative estimate of drug-likeness (QED) is 0.620. The van der Waals surface area contributed by atoms with Crippen molar-refractivity contribution in [1.82, 2.24) is 0 Å². The molecule has 1 saturated carbocycles. The van der Waals surface area contributed by atoms with Crippen LogP contribution in [0.2, 0.25) is 0 Å². The van der Waals surface area contributed by atoms with Crippen molar-refractivity contribution in [1.29, 1.82) is 0 Å². The first kappa shape index (κ1) is 12.7. The van der Waals surface area contributed by atoms with E-state index in [1.54, 1.807) is 6.07 Å². The van der Waals surface area contributed by atoms with Crippen molar-refractivity contribution in [3.05, 3.63) is 70.9 Å². The van der Waals surface area contributed by atoms with Crippen LogP contribution in [0.4, 0.5) is 4.39 Å². The average Bonchev–Trinajstić information content (AvgIpc) is 3.20. The summed E-state index contributed by atoms with van der Waals surface area (Å²) in [6, 6.07) is 16.7. The number of rotatable bonds is 3. The number of ketones is 1. The fourth-order valence-corrected chi connectivity index (χ4v) is 3.92. The molecule has 104 valence electrons. The molecule has 21 heavy (non-hydrogen) atoms. The van der Waals surface area contributed by atoms with E-state index >= 15 is 0 Å². The number of carbonyl (C=O) groups excluding carboxylic acids is 1. The molecule has 0 radical (unpaired) electrons. The molecule has 2 aromatic carbocycles. The second-order valence-corrected chi connectivity index (χ2v) is 6.60. The van der Waals surface area contributed by atoms with E-state index in [4.69, 9.17) is 0 Å². The number of halogens is 1. The van der Waals surface area contributed by atoms with Crippen molar-refractivity contribution in [2.24, 2.45) is 5.92 Å². The van der Waals surface area contributed by atoms with Crippen LogP contribution in [-0.4, -0.2) is 5.78 Å². The Labute approximate surface area is 126 Å². The summed E-state index contributed by atoms with van der Waals surface area (Å²) >= 11 is 1.46. The Morgan fingerprint density at radius 1 is 1.10 bits per heavy atom. The molecule has 1 aliphatic carbocycles. The highest BCUT2D eigenvalue weighted by molar-refractivity contribution is 7.20. The van der Waals surface area contributed by atoms with Gasteiger partial charge in [0.1, 0.15) is 5.82 Å². The maximum absolute atomic E-state index is 13.2. The fraction of sp³-hybridized carbons (Fsp3) is 0.167. The normalized spacial score (nSPS) is 20.6. The lowest BCUT2D eigenvalue weighted by molar-refractivity contribution is 0.0969. The Morgan fingerprint density at radius 3 is 2.71 bits per heavy atom. The van der Waals surface area contributed by atoms with Crippen molar-refractivity contribution in [2.45, 2.75) is 12.3 Å². The van der Waals surface area contributed by atoms with E-state index in [-0.39, 0.29) is 17.5 Å². The summed E-state index contributed by atoms with van der Waals surface area (Å²) < 4.78 is 14.2. The zero-order valence-electron chi connectivity index (χ0n) is 11.3. The Bertz CT molecular complexity index is 822. The SMILES string of the molecule is O=C(c1cc2cc(F)ccc2s1)C1CC1c1ccccc1. The zero-order valence-corrected chi connectivity index (χ0v) is 12.1. The van der Waals surface area contributed by atoms with Gasteiger partial charge in [-0.05, 0) is 47.6 Å². The number of fused-ring (bicyclic) bond motifs is 1. The maximum Gasteiger partial charge on any atom is 0.176 e. The molecular formula is C18H13FOS. The average molecular weight is 296 g/mol. The van der Waals surface area contributed by atoms with Gasteiger partial charge in [-0.3, -0.25) is 4.79 Å². The molecule has 1 aromatic heterocycles. The van der Waals surface area contributed by atoms with E-state index in [9.17, 15) is 9.18 Å². The zero-order chi connectivity index (χ0) is 14.4. The second-order valence-electron chi connectivity index (χ2n) is 5.52. The third-order valence-corrected chi connectivity index (χ3v) is 5.21. The number of thiophene rings is 1. The summed E-state index contributed by atoms with van der Waals surface area (Å²) in [5.41, 5.74) is 1.24. The van der Waals surface area contributed by atoms with Gasteiger partial charge in [0.2, 0.25) is 0 Å². The van der Waals surface area contributed by atoms with Crippen LogP contribution in [0.3, 0.4) is 0 Å². The molecule has 0 N–H and O–H groups in total. The van der Waals surface area contributed by atoms with E-state index < -0.39 is 0 Å². The number of hydrogen-bond acceptors (Lipinski definition) is 2. The lowest BCUT2D eigenvalue weighted by Gasteiger charge is -1.98. The minimum atomic E-state index is -0.257. The summed E-state index contributed by atoms with van der Waals surface area (Å²) in [5, 5.41) is 0.820. The summed E-state index contributed by atoms with van der Waals surface area (Å²) in [6.45, 7) is 0. The smallest absolute Gasteiger partial charge is 0.176 e. The molecule has 0 saturated heterocycles. The molecule has 2 unspecified atom stereocenters. The number of carbonyl (C=O) groups is 1. The first-order valence-corrected chi connectivity index (χ1v) is 7.82. The Morgan fingerprint density at radius 2 is 1.90 bits per heavy atom. The van der Waals surface area contributed by atoms with Crippen LogP contribution in [0, 0.1) is 11.7 Å². The van der Waals surface area contributed by atoms with Crippen LogP contribution in [0.5, 0.6) is 0 Å². The number of benzene rings is 2. The van der Waals surface area contributed by atoms with Crippen LogP contribution < -0.4 is 0 Å². The highest BCUT2D eigenvalue weighted by Crippen LogP contribution is 2.49. The van der Waals surface area contributed by atoms with Crippen molar-refractivity contribution >= 4 is 27.2 Å². The molecule has 0 bridgehead atoms. The molecule has 0 spiro atoms. The predicted molar refractivity (Wildman–Crippen MR) is 83.4 cm³/mol. The van der Waals surface area contributed by atoms with Crippen molar-refractivity contribution in [3.8, 4) is 0 Å². The van der Waals surface area contributed by atoms with Crippen LogP contribution in [0.1, 0.15) is 27.6 Å². The molecule has 1 fully saturated rings. The van der Waals surface area contributed by atoms with E-state index in [2.05, 4.69) is 12.1 Å². The van der Waals surface area contributed by atoms with Gasteiger partial charge in [-0.2, -0.15) is 0 Å². The topological polar surface area (TPSA) is 17.1 Å². The van der Waals surface area contributed by atoms with Gasteiger partial charge in [-0.15, -0.1) is 11.3 Å². The Hall–Kier alpha value is -2.00. The summed E-state index contributed by atoms with van der Waals surface area (Å²) in [4.78, 5) is 13.3. The van der Waals surface area contributed by atoms with Crippen molar-refractivity contribution < 1.29 is 9.18 Å². The standard InChI is InChI=1S/C18H13FOS/c19-13-6-7-16-12(8-13)9-17(21-16)18(20)15-10-14(15)11-4-2-1-3-5-11/h1-9,14-15H,10H2. The maximum atomic E-state index is 13.2. The molecule has 4 rings (SSSR count). The first-order valence-electron chi connectivity index (χ1n) is 7.00. The first-order chi connectivity index (χ1) is 10.2. The summed E-state index contributed by atoms with van der Waals surface area (Å²) in [7, 11) is 0. The van der Waals surface area contributed by atoms with Gasteiger partial charge < -0.3 is 0 Å². The molecule has 3 aromatic rings. The predicted octanol–water partition coefficient (Wildman–Crippen LogP) is 5.03. The van der Waals surface area contributed by atoms with Gasteiger partial charge in [0.25, 0.3) is 0 Å². The van der Waals surface area contributed by atoms with Gasteiger partial charge in [0.15, 0.2) is 5.78 Å². The van der Waals surface area contributed by atoms with E-state index in [1.807, 2.05) is 24.3 Å². The molecule has 3 heteroatoms. The lowest BCUT2D eigenvalue weighted by Crippen LogP contribution is -2.00. The molecule has 1 aliphatic rings. The van der Waals surface area contributed by atoms with E-state index in [0.717, 1.165) is 21.4 Å². The molecule has 2 atom stereocenters. The molecule has 0 aliphatic heterocycles. The number of hydrogen-bond donors (Lipinski definition) is 0. The second kappa shape index (κ2) is 4.78. The molecular weight excluding hydrogens is 283 g/mol. The highest BCUT2D eigenvalue weighted by Gasteiger charge is 2.44. The van der Waals surface area contributed by atoms with Crippen LogP contribution >= 0.6 is 11.3 Å². The molecule has 1 nitrogen and oxygen atoms in total. The summed E-state index contributed by atoms with van der Waals surface area (Å²) in [6.07, 6.45) is 0.922. The lowest BCUT2D eigenvalue weighted by atomic mass is 10.1. The Balaban J connectivity index is 1.60. The molecule has 0 amide bonds. The van der Waals surface area contributed by atoms with Crippen LogP contribution in [-0.2, 0) is 0 Å². The van der Waals surface area contributed by atoms with Gasteiger partial charge >= 0.3 is 0 Å². The van der Waals surface area contributed by atoms with Gasteiger partial charge in [-0.25, -0.2) is 4.39 Å². The minimum Gasteiger partial charge on any atom is -0.293 e. The van der Waals surface area contributed by atoms with E-state index in [1.165, 1.54) is 29.0 Å². The van der Waals surface area contributed by atoms with Gasteiger partial charge in [0.05, 0.1) is 4.88 Å². The van der Waals surface area contributed by atoms with Crippen molar-refractivity contribution in [2.75, 3.05) is 0 Å². The monoisotopic (exact) mass is 296 g/mol. The summed E-state index contributed by atoms with van der Waals surface area (Å²) in [5.74, 6) is 0.379.